The molecule has 0 fully saturated rings. The summed E-state index contributed by atoms with van der Waals surface area (Å²) in [5, 5.41) is 2.67. The number of carbonyl (C=O) groups excluding carboxylic acids is 1. The third kappa shape index (κ3) is 3.42. The first-order valence-corrected chi connectivity index (χ1v) is 8.61. The van der Waals surface area contributed by atoms with Gasteiger partial charge in [-0.05, 0) is 36.4 Å². The van der Waals surface area contributed by atoms with E-state index >= 15 is 0 Å². The molecule has 0 bridgehead atoms. The van der Waals surface area contributed by atoms with Crippen LogP contribution >= 0.6 is 0 Å². The van der Waals surface area contributed by atoms with E-state index in [0.29, 0.717) is 24.4 Å². The van der Waals surface area contributed by atoms with Gasteiger partial charge >= 0.3 is 12.2 Å². The number of nitrogens with zero attached hydrogens (tertiary/aromatic N) is 3. The Balaban J connectivity index is 1.59. The molecule has 1 aromatic carbocycles. The largest absolute Gasteiger partial charge is 0.416 e. The number of alkyl halides is 3. The first kappa shape index (κ1) is 18.0. The molecule has 144 valence electrons. The van der Waals surface area contributed by atoms with Crippen LogP contribution in [0.15, 0.2) is 55.0 Å². The molecule has 1 aliphatic heterocycles. The number of aromatic amines is 1. The van der Waals surface area contributed by atoms with Gasteiger partial charge in [-0.3, -0.25) is 4.98 Å². The number of hydrogen-bond donors (Lipinski definition) is 2. The molecule has 0 saturated carbocycles. The van der Waals surface area contributed by atoms with E-state index in [2.05, 4.69) is 20.3 Å². The Hall–Kier alpha value is -3.36. The molecule has 2 N–H and O–H groups in total. The van der Waals surface area contributed by atoms with Gasteiger partial charge in [-0.1, -0.05) is 6.07 Å². The molecule has 0 saturated heterocycles. The molecule has 6 nitrogen and oxygen atoms in total. The van der Waals surface area contributed by atoms with E-state index in [1.807, 2.05) is 12.1 Å². The molecule has 3 heterocycles. The Morgan fingerprint density at radius 2 is 1.93 bits per heavy atom. The van der Waals surface area contributed by atoms with E-state index < -0.39 is 23.8 Å². The molecule has 3 aromatic rings. The number of imidazole rings is 1. The highest BCUT2D eigenvalue weighted by molar-refractivity contribution is 5.90. The molecular weight excluding hydrogens is 371 g/mol. The summed E-state index contributed by atoms with van der Waals surface area (Å²) < 4.78 is 38.1. The summed E-state index contributed by atoms with van der Waals surface area (Å²) in [5.74, 6) is 0. The van der Waals surface area contributed by atoms with E-state index in [9.17, 15) is 18.0 Å². The molecule has 2 amide bonds. The lowest BCUT2D eigenvalue weighted by atomic mass is 10.00. The molecule has 1 aliphatic rings. The SMILES string of the molecule is O=C(Nc1ccc(C(F)(F)F)cc1)N1CCc2[nH]cnc2C1c1ccccn1. The standard InChI is InChI=1S/C19H16F3N5O/c20-19(21,22)12-4-6-13(7-5-12)26-18(28)27-10-8-14-16(25-11-24-14)17(27)15-3-1-2-9-23-15/h1-7,9,11,17H,8,10H2,(H,24,25)(H,26,28). The molecule has 0 aliphatic carbocycles. The lowest BCUT2D eigenvalue weighted by molar-refractivity contribution is -0.137. The number of amides is 2. The first-order chi connectivity index (χ1) is 13.4. The minimum absolute atomic E-state index is 0.283. The van der Waals surface area contributed by atoms with Crippen LogP contribution in [0.5, 0.6) is 0 Å². The topological polar surface area (TPSA) is 73.9 Å². The Labute approximate surface area is 158 Å². The zero-order chi connectivity index (χ0) is 19.7. The summed E-state index contributed by atoms with van der Waals surface area (Å²) in [7, 11) is 0. The maximum atomic E-state index is 12.9. The molecule has 1 atom stereocenters. The average Bonchev–Trinajstić information content (AvgIpc) is 3.16. The Bertz CT molecular complexity index is 969. The number of anilines is 1. The van der Waals surface area contributed by atoms with Crippen molar-refractivity contribution in [3.05, 3.63) is 77.6 Å². The van der Waals surface area contributed by atoms with Crippen LogP contribution in [0.4, 0.5) is 23.7 Å². The quantitative estimate of drug-likeness (QED) is 0.698. The molecular formula is C19H16F3N5O. The van der Waals surface area contributed by atoms with E-state index in [1.165, 1.54) is 12.1 Å². The van der Waals surface area contributed by atoms with E-state index in [1.54, 1.807) is 23.5 Å². The van der Waals surface area contributed by atoms with Crippen molar-refractivity contribution in [3.8, 4) is 0 Å². The fourth-order valence-corrected chi connectivity index (χ4v) is 3.27. The van der Waals surface area contributed by atoms with Crippen LogP contribution in [0.2, 0.25) is 0 Å². The summed E-state index contributed by atoms with van der Waals surface area (Å²) in [6, 6.07) is 8.87. The van der Waals surface area contributed by atoms with Gasteiger partial charge in [0.25, 0.3) is 0 Å². The lowest BCUT2D eigenvalue weighted by Gasteiger charge is -2.34. The monoisotopic (exact) mass is 387 g/mol. The minimum atomic E-state index is -4.42. The number of halogens is 3. The van der Waals surface area contributed by atoms with Crippen LogP contribution in [-0.4, -0.2) is 32.4 Å². The highest BCUT2D eigenvalue weighted by Gasteiger charge is 2.35. The van der Waals surface area contributed by atoms with Gasteiger partial charge in [0.15, 0.2) is 0 Å². The van der Waals surface area contributed by atoms with E-state index in [4.69, 9.17) is 0 Å². The average molecular weight is 387 g/mol. The van der Waals surface area contributed by atoms with Crippen LogP contribution in [0.3, 0.4) is 0 Å². The molecule has 1 unspecified atom stereocenters. The second kappa shape index (κ2) is 6.99. The van der Waals surface area contributed by atoms with Crippen LogP contribution < -0.4 is 5.32 Å². The Morgan fingerprint density at radius 1 is 1.14 bits per heavy atom. The summed E-state index contributed by atoms with van der Waals surface area (Å²) in [6.07, 6.45) is -0.602. The van der Waals surface area contributed by atoms with Crippen molar-refractivity contribution in [1.29, 1.82) is 0 Å². The number of urea groups is 1. The number of rotatable bonds is 2. The van der Waals surface area contributed by atoms with Crippen molar-refractivity contribution in [3.63, 3.8) is 0 Å². The lowest BCUT2D eigenvalue weighted by Crippen LogP contribution is -2.43. The van der Waals surface area contributed by atoms with Crippen LogP contribution in [0.1, 0.15) is 28.7 Å². The summed E-state index contributed by atoms with van der Waals surface area (Å²) >= 11 is 0. The zero-order valence-corrected chi connectivity index (χ0v) is 14.6. The minimum Gasteiger partial charge on any atom is -0.348 e. The van der Waals surface area contributed by atoms with Crippen LogP contribution in [-0.2, 0) is 12.6 Å². The number of benzene rings is 1. The highest BCUT2D eigenvalue weighted by Crippen LogP contribution is 2.33. The molecule has 28 heavy (non-hydrogen) atoms. The second-order valence-electron chi connectivity index (χ2n) is 6.37. The van der Waals surface area contributed by atoms with E-state index in [-0.39, 0.29) is 5.69 Å². The van der Waals surface area contributed by atoms with Crippen LogP contribution in [0.25, 0.3) is 0 Å². The number of carbonyl (C=O) groups is 1. The second-order valence-corrected chi connectivity index (χ2v) is 6.37. The van der Waals surface area contributed by atoms with Crippen molar-refractivity contribution in [1.82, 2.24) is 19.9 Å². The van der Waals surface area contributed by atoms with Crippen LogP contribution in [0, 0.1) is 0 Å². The maximum Gasteiger partial charge on any atom is 0.416 e. The fourth-order valence-electron chi connectivity index (χ4n) is 3.27. The van der Waals surface area contributed by atoms with Gasteiger partial charge in [0.2, 0.25) is 0 Å². The molecule has 4 rings (SSSR count). The normalized spacial score (nSPS) is 16.5. The van der Waals surface area contributed by atoms with Crippen molar-refractivity contribution < 1.29 is 18.0 Å². The van der Waals surface area contributed by atoms with Gasteiger partial charge in [0.1, 0.15) is 6.04 Å². The van der Waals surface area contributed by atoms with E-state index in [0.717, 1.165) is 17.8 Å². The number of nitrogens with one attached hydrogen (secondary N) is 2. The first-order valence-electron chi connectivity index (χ1n) is 8.61. The van der Waals surface area contributed by atoms with Gasteiger partial charge in [0.05, 0.1) is 23.3 Å². The van der Waals surface area contributed by atoms with Crippen molar-refractivity contribution in [2.45, 2.75) is 18.6 Å². The number of hydrogen-bond acceptors (Lipinski definition) is 3. The third-order valence-corrected chi connectivity index (χ3v) is 4.62. The predicted octanol–water partition coefficient (Wildman–Crippen LogP) is 4.00. The molecule has 0 radical (unpaired) electrons. The number of fused-ring (bicyclic) bond motifs is 1. The molecule has 0 spiro atoms. The van der Waals surface area contributed by atoms with Crippen molar-refractivity contribution >= 4 is 11.7 Å². The number of aromatic nitrogens is 3. The smallest absolute Gasteiger partial charge is 0.348 e. The van der Waals surface area contributed by atoms with Gasteiger partial charge in [-0.15, -0.1) is 0 Å². The summed E-state index contributed by atoms with van der Waals surface area (Å²) in [5.41, 5.74) is 1.83. The molecule has 9 heteroatoms. The summed E-state index contributed by atoms with van der Waals surface area (Å²) in [4.78, 5) is 26.3. The fraction of sp³-hybridized carbons (Fsp3) is 0.211. The predicted molar refractivity (Wildman–Crippen MR) is 95.5 cm³/mol. The highest BCUT2D eigenvalue weighted by atomic mass is 19.4. The zero-order valence-electron chi connectivity index (χ0n) is 14.6. The number of pyridine rings is 1. The van der Waals surface area contributed by atoms with Gasteiger partial charge in [-0.25, -0.2) is 9.78 Å². The Kier molecular flexibility index (Phi) is 4.50. The van der Waals surface area contributed by atoms with Gasteiger partial charge in [-0.2, -0.15) is 13.2 Å². The molecule has 2 aromatic heterocycles. The van der Waals surface area contributed by atoms with Crippen molar-refractivity contribution in [2.75, 3.05) is 11.9 Å². The Morgan fingerprint density at radius 3 is 2.61 bits per heavy atom. The summed E-state index contributed by atoms with van der Waals surface area (Å²) in [6.45, 7) is 0.420. The third-order valence-electron chi connectivity index (χ3n) is 4.62. The van der Waals surface area contributed by atoms with Gasteiger partial charge < -0.3 is 15.2 Å². The maximum absolute atomic E-state index is 12.9. The number of H-pyrrole nitrogens is 1. The van der Waals surface area contributed by atoms with Crippen molar-refractivity contribution in [2.24, 2.45) is 0 Å². The van der Waals surface area contributed by atoms with Gasteiger partial charge in [0, 0.05) is 30.5 Å².